The third-order valence-electron chi connectivity index (χ3n) is 2.51. The van der Waals surface area contributed by atoms with Gasteiger partial charge in [0.15, 0.2) is 0 Å². The lowest BCUT2D eigenvalue weighted by Gasteiger charge is -2.25. The molecular weight excluding hydrogens is 160 g/mol. The minimum atomic E-state index is 0.460. The molecule has 0 aromatic rings. The van der Waals surface area contributed by atoms with E-state index in [1.165, 1.54) is 25.7 Å². The number of hydrogen-bond donors (Lipinski definition) is 0. The van der Waals surface area contributed by atoms with Gasteiger partial charge >= 0.3 is 0 Å². The van der Waals surface area contributed by atoms with Crippen molar-refractivity contribution in [3.63, 3.8) is 0 Å². The smallest absolute Gasteiger partial charge is 0.0718 e. The predicted molar refractivity (Wildman–Crippen MR) is 59.0 cm³/mol. The number of aliphatic imine (C=N–C) groups is 2. The number of nitrogens with zero attached hydrogens (tertiary/aromatic N) is 2. The lowest BCUT2D eigenvalue weighted by molar-refractivity contribution is 0.389. The zero-order valence-electron chi connectivity index (χ0n) is 8.74. The predicted octanol–water partition coefficient (Wildman–Crippen LogP) is 2.87. The third-order valence-corrected chi connectivity index (χ3v) is 2.51. The van der Waals surface area contributed by atoms with Gasteiger partial charge in [0.25, 0.3) is 0 Å². The van der Waals surface area contributed by atoms with Gasteiger partial charge < -0.3 is 0 Å². The molecule has 0 amide bonds. The Morgan fingerprint density at radius 1 is 1.15 bits per heavy atom. The Hall–Kier alpha value is -0.660. The van der Waals surface area contributed by atoms with Crippen molar-refractivity contribution in [2.45, 2.75) is 58.0 Å². The van der Waals surface area contributed by atoms with Gasteiger partial charge in [0, 0.05) is 0 Å². The molecule has 0 saturated heterocycles. The largest absolute Gasteiger partial charge is 0.292 e. The van der Waals surface area contributed by atoms with Crippen LogP contribution in [0.1, 0.15) is 46.0 Å². The van der Waals surface area contributed by atoms with Gasteiger partial charge in [-0.1, -0.05) is 19.8 Å². The molecule has 0 spiro atoms. The number of hydrogen-bond acceptors (Lipinski definition) is 2. The molecule has 1 fully saturated rings. The van der Waals surface area contributed by atoms with Crippen molar-refractivity contribution in [2.75, 3.05) is 0 Å². The van der Waals surface area contributed by atoms with E-state index >= 15 is 0 Å². The van der Waals surface area contributed by atoms with Gasteiger partial charge in [0.2, 0.25) is 0 Å². The summed E-state index contributed by atoms with van der Waals surface area (Å²) in [5.74, 6) is 0. The summed E-state index contributed by atoms with van der Waals surface area (Å²) in [4.78, 5) is 9.04. The molecule has 74 valence electrons. The van der Waals surface area contributed by atoms with E-state index in [9.17, 15) is 0 Å². The molecule has 13 heavy (non-hydrogen) atoms. The molecular formula is C11H20N2. The summed E-state index contributed by atoms with van der Waals surface area (Å²) in [5.41, 5.74) is 0. The zero-order valence-corrected chi connectivity index (χ0v) is 8.74. The van der Waals surface area contributed by atoms with E-state index in [4.69, 9.17) is 0 Å². The normalized spacial score (nSPS) is 30.3. The van der Waals surface area contributed by atoms with Crippen LogP contribution in [-0.2, 0) is 0 Å². The monoisotopic (exact) mass is 180 g/mol. The van der Waals surface area contributed by atoms with Crippen molar-refractivity contribution in [3.05, 3.63) is 0 Å². The van der Waals surface area contributed by atoms with Gasteiger partial charge in [-0.25, -0.2) is 0 Å². The minimum Gasteiger partial charge on any atom is -0.292 e. The summed E-state index contributed by atoms with van der Waals surface area (Å²) in [6.07, 6.45) is 10.1. The highest BCUT2D eigenvalue weighted by molar-refractivity contribution is 5.57. The summed E-state index contributed by atoms with van der Waals surface area (Å²) < 4.78 is 0. The van der Waals surface area contributed by atoms with Crippen LogP contribution in [0.5, 0.6) is 0 Å². The number of rotatable bonds is 3. The lowest BCUT2D eigenvalue weighted by Crippen LogP contribution is -2.26. The summed E-state index contributed by atoms with van der Waals surface area (Å²) in [5, 5.41) is 0. The van der Waals surface area contributed by atoms with E-state index in [-0.39, 0.29) is 0 Å². The maximum absolute atomic E-state index is 4.56. The van der Waals surface area contributed by atoms with Gasteiger partial charge in [-0.3, -0.25) is 9.98 Å². The van der Waals surface area contributed by atoms with Gasteiger partial charge in [-0.05, 0) is 38.6 Å². The molecule has 1 saturated carbocycles. The molecule has 1 aliphatic rings. The van der Waals surface area contributed by atoms with Crippen molar-refractivity contribution in [1.29, 1.82) is 0 Å². The van der Waals surface area contributed by atoms with E-state index in [1.807, 2.05) is 19.4 Å². The van der Waals surface area contributed by atoms with Gasteiger partial charge in [-0.2, -0.15) is 0 Å². The molecule has 1 rings (SSSR count). The molecule has 1 aliphatic carbocycles. The summed E-state index contributed by atoms with van der Waals surface area (Å²) in [7, 11) is 0. The van der Waals surface area contributed by atoms with Crippen LogP contribution in [0, 0.1) is 0 Å². The van der Waals surface area contributed by atoms with E-state index in [0.29, 0.717) is 12.1 Å². The molecule has 0 aromatic heterocycles. The Kier molecular flexibility index (Phi) is 4.73. The second-order valence-electron chi connectivity index (χ2n) is 3.57. The minimum absolute atomic E-state index is 0.460. The Balaban J connectivity index is 2.51. The van der Waals surface area contributed by atoms with Crippen molar-refractivity contribution in [2.24, 2.45) is 9.98 Å². The fourth-order valence-electron chi connectivity index (χ4n) is 1.87. The first-order valence-electron chi connectivity index (χ1n) is 5.38. The Morgan fingerprint density at radius 3 is 2.31 bits per heavy atom. The van der Waals surface area contributed by atoms with Crippen LogP contribution in [0.2, 0.25) is 0 Å². The van der Waals surface area contributed by atoms with Crippen LogP contribution >= 0.6 is 0 Å². The second-order valence-corrected chi connectivity index (χ2v) is 3.57. The molecule has 0 aromatic carbocycles. The fraction of sp³-hybridized carbons (Fsp3) is 0.818. The van der Waals surface area contributed by atoms with Crippen molar-refractivity contribution >= 4 is 12.4 Å². The summed E-state index contributed by atoms with van der Waals surface area (Å²) >= 11 is 0. The highest BCUT2D eigenvalue weighted by Gasteiger charge is 2.22. The Bertz CT molecular complexity index is 185. The molecule has 2 heteroatoms. The summed E-state index contributed by atoms with van der Waals surface area (Å²) in [6, 6.07) is 0.923. The maximum Gasteiger partial charge on any atom is 0.0718 e. The molecule has 0 N–H and O–H groups in total. The first-order chi connectivity index (χ1) is 6.38. The van der Waals surface area contributed by atoms with Crippen LogP contribution in [0.25, 0.3) is 0 Å². The zero-order chi connectivity index (χ0) is 9.52. The third kappa shape index (κ3) is 3.29. The van der Waals surface area contributed by atoms with Crippen LogP contribution in [-0.4, -0.2) is 24.5 Å². The Morgan fingerprint density at radius 2 is 1.77 bits per heavy atom. The van der Waals surface area contributed by atoms with E-state index in [1.54, 1.807) is 0 Å². The average Bonchev–Trinajstić information content (AvgIpc) is 2.17. The SMILES string of the molecule is CC=NC1CCCCC1N=CCC. The molecule has 0 radical (unpaired) electrons. The first kappa shape index (κ1) is 10.4. The van der Waals surface area contributed by atoms with Gasteiger partial charge in [0.05, 0.1) is 12.1 Å². The topological polar surface area (TPSA) is 24.7 Å². The van der Waals surface area contributed by atoms with Crippen LogP contribution in [0.4, 0.5) is 0 Å². The first-order valence-corrected chi connectivity index (χ1v) is 5.38. The van der Waals surface area contributed by atoms with Crippen molar-refractivity contribution in [1.82, 2.24) is 0 Å². The molecule has 0 aliphatic heterocycles. The lowest BCUT2D eigenvalue weighted by atomic mass is 9.91. The molecule has 2 unspecified atom stereocenters. The van der Waals surface area contributed by atoms with Crippen LogP contribution in [0.15, 0.2) is 9.98 Å². The maximum atomic E-state index is 4.56. The van der Waals surface area contributed by atoms with Gasteiger partial charge in [0.1, 0.15) is 0 Å². The van der Waals surface area contributed by atoms with E-state index < -0.39 is 0 Å². The van der Waals surface area contributed by atoms with Crippen LogP contribution < -0.4 is 0 Å². The van der Waals surface area contributed by atoms with Gasteiger partial charge in [-0.15, -0.1) is 0 Å². The molecule has 0 heterocycles. The van der Waals surface area contributed by atoms with E-state index in [2.05, 4.69) is 16.9 Å². The Labute approximate surface area is 81.2 Å². The average molecular weight is 180 g/mol. The van der Waals surface area contributed by atoms with Crippen molar-refractivity contribution < 1.29 is 0 Å². The molecule has 2 nitrogen and oxygen atoms in total. The quantitative estimate of drug-likeness (QED) is 0.597. The standard InChI is InChI=1S/C11H20N2/c1-3-9-13-11-8-6-5-7-10(11)12-4-2/h4,9-11H,3,5-8H2,1-2H3. The second kappa shape index (κ2) is 5.90. The van der Waals surface area contributed by atoms with Crippen molar-refractivity contribution in [3.8, 4) is 0 Å². The van der Waals surface area contributed by atoms with E-state index in [0.717, 1.165) is 6.42 Å². The summed E-state index contributed by atoms with van der Waals surface area (Å²) in [6.45, 7) is 4.12. The molecule has 0 bridgehead atoms. The highest BCUT2D eigenvalue weighted by atomic mass is 14.9. The molecule has 2 atom stereocenters. The highest BCUT2D eigenvalue weighted by Crippen LogP contribution is 2.23. The van der Waals surface area contributed by atoms with Crippen LogP contribution in [0.3, 0.4) is 0 Å². The fourth-order valence-corrected chi connectivity index (χ4v) is 1.87.